The average Bonchev–Trinajstić information content (AvgIpc) is 3.17. The number of rotatable bonds is 2. The minimum atomic E-state index is 0.563. The van der Waals surface area contributed by atoms with Gasteiger partial charge in [-0.2, -0.15) is 0 Å². The third-order valence-electron chi connectivity index (χ3n) is 4.21. The van der Waals surface area contributed by atoms with Crippen molar-refractivity contribution >= 4 is 26.7 Å². The fourth-order valence-electron chi connectivity index (χ4n) is 3.08. The second-order valence-electron chi connectivity index (χ2n) is 5.55. The minimum absolute atomic E-state index is 0.563. The van der Waals surface area contributed by atoms with Crippen molar-refractivity contribution in [3.63, 3.8) is 0 Å². The van der Waals surface area contributed by atoms with E-state index in [9.17, 15) is 0 Å². The van der Waals surface area contributed by atoms with Crippen LogP contribution in [-0.4, -0.2) is 22.6 Å². The van der Waals surface area contributed by atoms with Crippen LogP contribution >= 0.6 is 15.9 Å². The molecule has 3 aromatic rings. The highest BCUT2D eigenvalue weighted by atomic mass is 79.9. The molecule has 1 saturated heterocycles. The van der Waals surface area contributed by atoms with Gasteiger partial charge in [0.05, 0.1) is 6.33 Å². The molecule has 21 heavy (non-hydrogen) atoms. The molecule has 1 atom stereocenters. The first-order chi connectivity index (χ1) is 10.3. The molecule has 0 radical (unpaired) electrons. The largest absolute Gasteiger partial charge is 0.316 e. The summed E-state index contributed by atoms with van der Waals surface area (Å²) in [5, 5.41) is 5.93. The van der Waals surface area contributed by atoms with E-state index in [-0.39, 0.29) is 0 Å². The van der Waals surface area contributed by atoms with Crippen LogP contribution in [0.1, 0.15) is 18.0 Å². The predicted octanol–water partition coefficient (Wildman–Crippen LogP) is 3.86. The van der Waals surface area contributed by atoms with E-state index in [4.69, 9.17) is 0 Å². The van der Waals surface area contributed by atoms with Crippen LogP contribution < -0.4 is 5.32 Å². The molecule has 4 rings (SSSR count). The minimum Gasteiger partial charge on any atom is -0.316 e. The van der Waals surface area contributed by atoms with Gasteiger partial charge in [0.2, 0.25) is 0 Å². The molecular weight excluding hydrogens is 326 g/mol. The fourth-order valence-corrected chi connectivity index (χ4v) is 3.46. The monoisotopic (exact) mass is 341 g/mol. The summed E-state index contributed by atoms with van der Waals surface area (Å²) in [6.07, 6.45) is 5.11. The maximum absolute atomic E-state index is 4.36. The van der Waals surface area contributed by atoms with Gasteiger partial charge in [-0.3, -0.25) is 0 Å². The highest BCUT2D eigenvalue weighted by Crippen LogP contribution is 2.27. The third kappa shape index (κ3) is 2.39. The number of aromatic nitrogens is 2. The molecule has 1 unspecified atom stereocenters. The van der Waals surface area contributed by atoms with Crippen LogP contribution in [0.4, 0.5) is 0 Å². The molecule has 1 fully saturated rings. The van der Waals surface area contributed by atoms with Crippen LogP contribution in [0.2, 0.25) is 0 Å². The number of halogens is 1. The molecule has 3 nitrogen and oxygen atoms in total. The maximum atomic E-state index is 4.36. The van der Waals surface area contributed by atoms with E-state index in [1.807, 2.05) is 12.5 Å². The summed E-state index contributed by atoms with van der Waals surface area (Å²) in [5.74, 6) is 0.563. The van der Waals surface area contributed by atoms with Gasteiger partial charge in [0.1, 0.15) is 0 Å². The van der Waals surface area contributed by atoms with Gasteiger partial charge in [-0.15, -0.1) is 0 Å². The van der Waals surface area contributed by atoms with Gasteiger partial charge in [-0.05, 0) is 48.0 Å². The van der Waals surface area contributed by atoms with Gasteiger partial charge in [0.25, 0.3) is 0 Å². The van der Waals surface area contributed by atoms with E-state index in [1.165, 1.54) is 28.6 Å². The van der Waals surface area contributed by atoms with Gasteiger partial charge >= 0.3 is 0 Å². The molecule has 0 amide bonds. The van der Waals surface area contributed by atoms with E-state index in [0.29, 0.717) is 5.92 Å². The zero-order chi connectivity index (χ0) is 14.2. The third-order valence-corrected chi connectivity index (χ3v) is 4.70. The summed E-state index contributed by atoms with van der Waals surface area (Å²) in [6.45, 7) is 2.15. The summed E-state index contributed by atoms with van der Waals surface area (Å²) < 4.78 is 3.34. The van der Waals surface area contributed by atoms with Gasteiger partial charge in [0.15, 0.2) is 0 Å². The molecule has 2 heterocycles. The highest BCUT2D eigenvalue weighted by molar-refractivity contribution is 9.10. The fraction of sp³-hybridized carbons (Fsp3) is 0.235. The summed E-state index contributed by atoms with van der Waals surface area (Å²) in [6, 6.07) is 13.0. The molecule has 106 valence electrons. The topological polar surface area (TPSA) is 29.9 Å². The van der Waals surface area contributed by atoms with Crippen molar-refractivity contribution in [1.29, 1.82) is 0 Å². The number of imidazole rings is 1. The Balaban J connectivity index is 1.79. The molecule has 1 N–H and O–H groups in total. The van der Waals surface area contributed by atoms with E-state index < -0.39 is 0 Å². The zero-order valence-electron chi connectivity index (χ0n) is 11.6. The smallest absolute Gasteiger partial charge is 0.0994 e. The Bertz CT molecular complexity index is 788. The SMILES string of the molecule is Brc1ccc2cc(-n3cncc3C3CCNC3)ccc2c1. The van der Waals surface area contributed by atoms with Crippen molar-refractivity contribution in [2.75, 3.05) is 13.1 Å². The number of nitrogens with zero attached hydrogens (tertiary/aromatic N) is 2. The molecule has 0 spiro atoms. The van der Waals surface area contributed by atoms with Crippen molar-refractivity contribution in [3.8, 4) is 5.69 Å². The molecule has 1 aliphatic heterocycles. The first-order valence-electron chi connectivity index (χ1n) is 7.24. The molecule has 2 aromatic carbocycles. The lowest BCUT2D eigenvalue weighted by Crippen LogP contribution is -2.10. The lowest BCUT2D eigenvalue weighted by Gasteiger charge is -2.13. The summed E-state index contributed by atoms with van der Waals surface area (Å²) in [5.41, 5.74) is 2.49. The Morgan fingerprint density at radius 1 is 1.14 bits per heavy atom. The van der Waals surface area contributed by atoms with Gasteiger partial charge in [0, 0.05) is 34.5 Å². The lowest BCUT2D eigenvalue weighted by molar-refractivity contribution is 0.714. The first kappa shape index (κ1) is 13.0. The van der Waals surface area contributed by atoms with Crippen molar-refractivity contribution in [2.24, 2.45) is 0 Å². The number of benzene rings is 2. The number of hydrogen-bond acceptors (Lipinski definition) is 2. The maximum Gasteiger partial charge on any atom is 0.0994 e. The lowest BCUT2D eigenvalue weighted by atomic mass is 10.0. The Morgan fingerprint density at radius 3 is 2.86 bits per heavy atom. The van der Waals surface area contributed by atoms with Crippen LogP contribution in [0, 0.1) is 0 Å². The Morgan fingerprint density at radius 2 is 2.00 bits per heavy atom. The van der Waals surface area contributed by atoms with E-state index in [1.54, 1.807) is 0 Å². The number of hydrogen-bond donors (Lipinski definition) is 1. The zero-order valence-corrected chi connectivity index (χ0v) is 13.2. The summed E-state index contributed by atoms with van der Waals surface area (Å²) in [7, 11) is 0. The molecule has 1 aliphatic rings. The van der Waals surface area contributed by atoms with Crippen molar-refractivity contribution in [3.05, 3.63) is 59.1 Å². The van der Waals surface area contributed by atoms with Crippen LogP contribution in [0.25, 0.3) is 16.5 Å². The molecular formula is C17H16BrN3. The van der Waals surface area contributed by atoms with Crippen molar-refractivity contribution in [2.45, 2.75) is 12.3 Å². The van der Waals surface area contributed by atoms with E-state index in [2.05, 4.69) is 67.2 Å². The molecule has 4 heteroatoms. The summed E-state index contributed by atoms with van der Waals surface area (Å²) >= 11 is 3.52. The summed E-state index contributed by atoms with van der Waals surface area (Å²) in [4.78, 5) is 4.36. The Hall–Kier alpha value is -1.65. The molecule has 0 saturated carbocycles. The van der Waals surface area contributed by atoms with Gasteiger partial charge in [-0.25, -0.2) is 4.98 Å². The van der Waals surface area contributed by atoms with Crippen LogP contribution in [0.15, 0.2) is 53.4 Å². The standard InChI is InChI=1S/C17H16BrN3/c18-15-3-1-13-8-16(4-2-12(13)7-15)21-11-20-10-17(21)14-5-6-19-9-14/h1-4,7-8,10-11,14,19H,5-6,9H2. The first-order valence-corrected chi connectivity index (χ1v) is 8.03. The van der Waals surface area contributed by atoms with Gasteiger partial charge in [-0.1, -0.05) is 28.1 Å². The quantitative estimate of drug-likeness (QED) is 0.766. The molecule has 0 bridgehead atoms. The average molecular weight is 342 g/mol. The number of fused-ring (bicyclic) bond motifs is 1. The second kappa shape index (κ2) is 5.28. The van der Waals surface area contributed by atoms with Crippen molar-refractivity contribution < 1.29 is 0 Å². The van der Waals surface area contributed by atoms with Gasteiger partial charge < -0.3 is 9.88 Å². The molecule has 0 aliphatic carbocycles. The van der Waals surface area contributed by atoms with Crippen LogP contribution in [-0.2, 0) is 0 Å². The van der Waals surface area contributed by atoms with Crippen LogP contribution in [0.5, 0.6) is 0 Å². The van der Waals surface area contributed by atoms with Crippen LogP contribution in [0.3, 0.4) is 0 Å². The second-order valence-corrected chi connectivity index (χ2v) is 6.47. The predicted molar refractivity (Wildman–Crippen MR) is 89.0 cm³/mol. The van der Waals surface area contributed by atoms with E-state index >= 15 is 0 Å². The number of nitrogens with one attached hydrogen (secondary N) is 1. The van der Waals surface area contributed by atoms with E-state index in [0.717, 1.165) is 17.6 Å². The normalized spacial score (nSPS) is 18.4. The highest BCUT2D eigenvalue weighted by Gasteiger charge is 2.20. The Labute approximate surface area is 132 Å². The Kier molecular flexibility index (Phi) is 3.28. The van der Waals surface area contributed by atoms with Crippen molar-refractivity contribution in [1.82, 2.24) is 14.9 Å². The molecule has 1 aromatic heterocycles.